The van der Waals surface area contributed by atoms with Crippen molar-refractivity contribution in [1.29, 1.82) is 0 Å². The molecule has 0 unspecified atom stereocenters. The fourth-order valence-electron chi connectivity index (χ4n) is 1.01. The molecule has 0 aromatic carbocycles. The van der Waals surface area contributed by atoms with Gasteiger partial charge in [0.2, 0.25) is 0 Å². The van der Waals surface area contributed by atoms with Gasteiger partial charge in [-0.3, -0.25) is 0 Å². The van der Waals surface area contributed by atoms with Crippen LogP contribution in [0.1, 0.15) is 18.7 Å². The second-order valence-electron chi connectivity index (χ2n) is 3.70. The lowest BCUT2D eigenvalue weighted by atomic mass is 10.5. The van der Waals surface area contributed by atoms with Crippen LogP contribution >= 0.6 is 11.3 Å². The maximum atomic E-state index is 11.6. The van der Waals surface area contributed by atoms with Crippen LogP contribution in [0.25, 0.3) is 0 Å². The summed E-state index contributed by atoms with van der Waals surface area (Å²) in [4.78, 5) is 15.6. The third-order valence-corrected chi connectivity index (χ3v) is 3.46. The molecule has 1 heterocycles. The fraction of sp³-hybridized carbons (Fsp3) is 0.400. The van der Waals surface area contributed by atoms with Gasteiger partial charge in [0.1, 0.15) is 0 Å². The molecule has 1 aromatic rings. The van der Waals surface area contributed by atoms with Crippen molar-refractivity contribution in [3.63, 3.8) is 0 Å². The average Bonchev–Trinajstić information content (AvgIpc) is 2.70. The lowest BCUT2D eigenvalue weighted by Crippen LogP contribution is -2.36. The number of nitrogens with one attached hydrogen (secondary N) is 2. The molecule has 0 atom stereocenters. The molecule has 1 amide bonds. The number of nitrogens with zero attached hydrogens (tertiary/aromatic N) is 1. The Bertz CT molecular complexity index is 627. The van der Waals surface area contributed by atoms with Crippen LogP contribution in [-0.4, -0.2) is 32.1 Å². The predicted octanol–water partition coefficient (Wildman–Crippen LogP) is 0.245. The van der Waals surface area contributed by atoms with E-state index in [9.17, 15) is 13.2 Å². The Balaban J connectivity index is 2.66. The summed E-state index contributed by atoms with van der Waals surface area (Å²) in [5.41, 5.74) is 5.22. The number of hydrogen-bond acceptors (Lipinski definition) is 7. The quantitative estimate of drug-likeness (QED) is 0.683. The molecule has 0 aliphatic rings. The smallest absolute Gasteiger partial charge is 0.422 e. The molecule has 1 aromatic heterocycles. The van der Waals surface area contributed by atoms with Gasteiger partial charge in [0.25, 0.3) is 0 Å². The van der Waals surface area contributed by atoms with E-state index in [-0.39, 0.29) is 11.7 Å². The van der Waals surface area contributed by atoms with E-state index in [0.29, 0.717) is 4.88 Å². The van der Waals surface area contributed by atoms with Crippen LogP contribution in [0.5, 0.6) is 0 Å². The normalized spacial score (nSPS) is 10.6. The summed E-state index contributed by atoms with van der Waals surface area (Å²) in [7, 11) is -4.09. The first-order valence-corrected chi connectivity index (χ1v) is 7.78. The molecule has 0 saturated carbocycles. The van der Waals surface area contributed by atoms with Gasteiger partial charge in [-0.15, -0.1) is 0 Å². The van der Waals surface area contributed by atoms with Crippen molar-refractivity contribution in [3.8, 4) is 11.8 Å². The molecule has 4 N–H and O–H groups in total. The Hall–Kier alpha value is -1.83. The standard InChI is InChI=1S/C10H14N4O4S2/c1-7(2)18-10(15)14-20(16,17)13-9-12-6-8(19-9)4-3-5-11/h6-7H,5,11H2,1-2H3,(H,12,13)(H,14,15). The van der Waals surface area contributed by atoms with Crippen LogP contribution in [0.2, 0.25) is 0 Å². The van der Waals surface area contributed by atoms with E-state index in [0.717, 1.165) is 11.3 Å². The van der Waals surface area contributed by atoms with Gasteiger partial charge >= 0.3 is 16.3 Å². The lowest BCUT2D eigenvalue weighted by Gasteiger charge is -2.09. The number of rotatable bonds is 4. The fourth-order valence-corrected chi connectivity index (χ4v) is 2.64. The Kier molecular flexibility index (Phi) is 5.75. The zero-order valence-electron chi connectivity index (χ0n) is 10.8. The predicted molar refractivity (Wildman–Crippen MR) is 75.3 cm³/mol. The largest absolute Gasteiger partial charge is 0.446 e. The summed E-state index contributed by atoms with van der Waals surface area (Å²) < 4.78 is 31.7. The Labute approximate surface area is 120 Å². The van der Waals surface area contributed by atoms with Gasteiger partial charge in [0, 0.05) is 0 Å². The third-order valence-electron chi connectivity index (χ3n) is 1.60. The van der Waals surface area contributed by atoms with E-state index in [4.69, 9.17) is 5.73 Å². The minimum Gasteiger partial charge on any atom is -0.446 e. The van der Waals surface area contributed by atoms with Crippen LogP contribution in [-0.2, 0) is 14.9 Å². The molecule has 0 radical (unpaired) electrons. The average molecular weight is 318 g/mol. The van der Waals surface area contributed by atoms with Crippen molar-refractivity contribution in [2.24, 2.45) is 5.73 Å². The van der Waals surface area contributed by atoms with E-state index < -0.39 is 22.4 Å². The van der Waals surface area contributed by atoms with E-state index in [1.54, 1.807) is 18.6 Å². The van der Waals surface area contributed by atoms with Crippen LogP contribution in [0.4, 0.5) is 9.93 Å². The topological polar surface area (TPSA) is 123 Å². The number of anilines is 1. The van der Waals surface area contributed by atoms with E-state index in [2.05, 4.69) is 26.3 Å². The van der Waals surface area contributed by atoms with E-state index >= 15 is 0 Å². The van der Waals surface area contributed by atoms with E-state index in [1.165, 1.54) is 6.20 Å². The number of aromatic nitrogens is 1. The van der Waals surface area contributed by atoms with Crippen LogP contribution < -0.4 is 15.2 Å². The first kappa shape index (κ1) is 16.2. The third kappa shape index (κ3) is 5.87. The summed E-state index contributed by atoms with van der Waals surface area (Å²) in [5.74, 6) is 5.33. The maximum Gasteiger partial charge on any atom is 0.422 e. The molecule has 20 heavy (non-hydrogen) atoms. The molecule has 0 spiro atoms. The van der Waals surface area contributed by atoms with Gasteiger partial charge < -0.3 is 10.5 Å². The van der Waals surface area contributed by atoms with Crippen molar-refractivity contribution in [2.45, 2.75) is 20.0 Å². The summed E-state index contributed by atoms with van der Waals surface area (Å²) in [5, 5.41) is 0.0798. The number of ether oxygens (including phenoxy) is 1. The Morgan fingerprint density at radius 2 is 2.30 bits per heavy atom. The highest BCUT2D eigenvalue weighted by atomic mass is 32.2. The molecular weight excluding hydrogens is 304 g/mol. The second kappa shape index (κ2) is 7.09. The van der Waals surface area contributed by atoms with Gasteiger partial charge in [-0.2, -0.15) is 8.42 Å². The summed E-state index contributed by atoms with van der Waals surface area (Å²) in [6.07, 6.45) is -0.0900. The molecular formula is C10H14N4O4S2. The minimum atomic E-state index is -4.09. The van der Waals surface area contributed by atoms with Gasteiger partial charge in [0.15, 0.2) is 5.13 Å². The van der Waals surface area contributed by atoms with Gasteiger partial charge in [0.05, 0.1) is 23.7 Å². The molecule has 0 fully saturated rings. The number of nitrogens with two attached hydrogens (primary N) is 1. The van der Waals surface area contributed by atoms with Gasteiger partial charge in [-0.05, 0) is 13.8 Å². The van der Waals surface area contributed by atoms with Crippen molar-refractivity contribution in [3.05, 3.63) is 11.1 Å². The van der Waals surface area contributed by atoms with Crippen molar-refractivity contribution < 1.29 is 17.9 Å². The number of thiazole rings is 1. The lowest BCUT2D eigenvalue weighted by molar-refractivity contribution is 0.121. The SMILES string of the molecule is CC(C)OC(=O)NS(=O)(=O)Nc1ncc(C#CCN)s1. The highest BCUT2D eigenvalue weighted by Gasteiger charge is 2.17. The molecule has 1 rings (SSSR count). The maximum absolute atomic E-state index is 11.6. The van der Waals surface area contributed by atoms with E-state index in [1.807, 2.05) is 0 Å². The molecule has 0 saturated heterocycles. The Morgan fingerprint density at radius 1 is 1.60 bits per heavy atom. The molecule has 8 nitrogen and oxygen atoms in total. The number of amides is 1. The summed E-state index contributed by atoms with van der Waals surface area (Å²) in [6.45, 7) is 3.40. The number of carbonyl (C=O) groups excluding carboxylic acids is 1. The molecule has 0 aliphatic carbocycles. The first-order chi connectivity index (χ1) is 9.32. The molecule has 10 heteroatoms. The summed E-state index contributed by atoms with van der Waals surface area (Å²) >= 11 is 1.02. The highest BCUT2D eigenvalue weighted by Crippen LogP contribution is 2.17. The van der Waals surface area contributed by atoms with Crippen LogP contribution in [0.3, 0.4) is 0 Å². The zero-order valence-corrected chi connectivity index (χ0v) is 12.5. The molecule has 0 bridgehead atoms. The van der Waals surface area contributed by atoms with Crippen molar-refractivity contribution in [2.75, 3.05) is 11.3 Å². The first-order valence-electron chi connectivity index (χ1n) is 5.48. The Morgan fingerprint density at radius 3 is 2.90 bits per heavy atom. The zero-order chi connectivity index (χ0) is 15.2. The van der Waals surface area contributed by atoms with Crippen LogP contribution in [0, 0.1) is 11.8 Å². The van der Waals surface area contributed by atoms with Gasteiger partial charge in [-0.25, -0.2) is 19.2 Å². The molecule has 0 aliphatic heterocycles. The summed E-state index contributed by atoms with van der Waals surface area (Å²) in [6, 6.07) is 0. The monoisotopic (exact) mass is 318 g/mol. The van der Waals surface area contributed by atoms with Crippen molar-refractivity contribution >= 4 is 32.8 Å². The number of carbonyl (C=O) groups is 1. The second-order valence-corrected chi connectivity index (χ2v) is 6.14. The number of hydrogen-bond donors (Lipinski definition) is 3. The van der Waals surface area contributed by atoms with Gasteiger partial charge in [-0.1, -0.05) is 23.2 Å². The minimum absolute atomic E-state index is 0.0798. The molecule has 110 valence electrons. The highest BCUT2D eigenvalue weighted by molar-refractivity contribution is 7.91. The van der Waals surface area contributed by atoms with Crippen LogP contribution in [0.15, 0.2) is 6.20 Å². The van der Waals surface area contributed by atoms with Crippen molar-refractivity contribution in [1.82, 2.24) is 9.71 Å².